The highest BCUT2D eigenvalue weighted by Crippen LogP contribution is 2.14. The van der Waals surface area contributed by atoms with Crippen molar-refractivity contribution in [3.63, 3.8) is 0 Å². The number of halogens is 1. The molecule has 0 spiro atoms. The second kappa shape index (κ2) is 6.04. The fourth-order valence-corrected chi connectivity index (χ4v) is 1.49. The molecular weight excluding hydrogens is 240 g/mol. The van der Waals surface area contributed by atoms with E-state index in [-0.39, 0.29) is 0 Å². The van der Waals surface area contributed by atoms with Crippen LogP contribution in [0.1, 0.15) is 13.3 Å². The Morgan fingerprint density at radius 1 is 1.36 bits per heavy atom. The molecule has 1 aromatic rings. The van der Waals surface area contributed by atoms with Gasteiger partial charge < -0.3 is 11.1 Å². The molecule has 1 atom stereocenters. The molecule has 3 N–H and O–H groups in total. The Hall–Kier alpha value is -0.540. The molecule has 0 aliphatic rings. The van der Waals surface area contributed by atoms with E-state index in [0.717, 1.165) is 29.7 Å². The molecule has 1 rings (SSSR count). The number of hydrogen-bond donors (Lipinski definition) is 2. The standard InChI is InChI=1S/C11H17BrN2/c1-2-9(7-13)8-14-11-5-3-10(12)4-6-11/h3-6,9,14H,2,7-8,13H2,1H3. The molecule has 14 heavy (non-hydrogen) atoms. The van der Waals surface area contributed by atoms with E-state index in [0.29, 0.717) is 5.92 Å². The molecular formula is C11H17BrN2. The molecule has 0 aliphatic carbocycles. The number of hydrogen-bond acceptors (Lipinski definition) is 2. The Labute approximate surface area is 94.0 Å². The summed E-state index contributed by atoms with van der Waals surface area (Å²) in [7, 11) is 0. The number of benzene rings is 1. The van der Waals surface area contributed by atoms with Crippen LogP contribution in [0.5, 0.6) is 0 Å². The first-order chi connectivity index (χ1) is 6.76. The lowest BCUT2D eigenvalue weighted by Crippen LogP contribution is -2.21. The highest BCUT2D eigenvalue weighted by Gasteiger charge is 2.02. The molecule has 78 valence electrons. The Morgan fingerprint density at radius 3 is 2.50 bits per heavy atom. The van der Waals surface area contributed by atoms with Crippen LogP contribution in [0, 0.1) is 5.92 Å². The average molecular weight is 257 g/mol. The van der Waals surface area contributed by atoms with Crippen molar-refractivity contribution in [2.24, 2.45) is 11.7 Å². The van der Waals surface area contributed by atoms with Gasteiger partial charge in [-0.2, -0.15) is 0 Å². The van der Waals surface area contributed by atoms with Crippen molar-refractivity contribution < 1.29 is 0 Å². The molecule has 0 amide bonds. The van der Waals surface area contributed by atoms with Crippen molar-refractivity contribution >= 4 is 21.6 Å². The summed E-state index contributed by atoms with van der Waals surface area (Å²) in [5.41, 5.74) is 6.78. The third-order valence-electron chi connectivity index (χ3n) is 2.35. The molecule has 2 nitrogen and oxygen atoms in total. The van der Waals surface area contributed by atoms with E-state index in [2.05, 4.69) is 40.3 Å². The molecule has 1 unspecified atom stereocenters. The maximum absolute atomic E-state index is 5.62. The highest BCUT2D eigenvalue weighted by molar-refractivity contribution is 9.10. The summed E-state index contributed by atoms with van der Waals surface area (Å²) in [4.78, 5) is 0. The molecule has 0 saturated heterocycles. The lowest BCUT2D eigenvalue weighted by molar-refractivity contribution is 0.548. The average Bonchev–Trinajstić information content (AvgIpc) is 2.22. The highest BCUT2D eigenvalue weighted by atomic mass is 79.9. The van der Waals surface area contributed by atoms with Gasteiger partial charge in [-0.25, -0.2) is 0 Å². The van der Waals surface area contributed by atoms with Gasteiger partial charge in [-0.05, 0) is 36.7 Å². The van der Waals surface area contributed by atoms with Crippen molar-refractivity contribution in [1.29, 1.82) is 0 Å². The normalized spacial score (nSPS) is 12.5. The number of rotatable bonds is 5. The van der Waals surface area contributed by atoms with Crippen LogP contribution in [0.25, 0.3) is 0 Å². The maximum atomic E-state index is 5.62. The van der Waals surface area contributed by atoms with Gasteiger partial charge in [0.05, 0.1) is 0 Å². The molecule has 0 heterocycles. The van der Waals surface area contributed by atoms with Crippen LogP contribution in [0.3, 0.4) is 0 Å². The predicted molar refractivity (Wildman–Crippen MR) is 65.5 cm³/mol. The first-order valence-corrected chi connectivity index (χ1v) is 5.75. The van der Waals surface area contributed by atoms with Gasteiger partial charge in [-0.1, -0.05) is 29.3 Å². The largest absolute Gasteiger partial charge is 0.385 e. The van der Waals surface area contributed by atoms with E-state index in [1.165, 1.54) is 0 Å². The molecule has 0 saturated carbocycles. The van der Waals surface area contributed by atoms with E-state index >= 15 is 0 Å². The van der Waals surface area contributed by atoms with E-state index in [1.54, 1.807) is 0 Å². The predicted octanol–water partition coefficient (Wildman–Crippen LogP) is 2.85. The van der Waals surface area contributed by atoms with Crippen molar-refractivity contribution in [1.82, 2.24) is 0 Å². The number of nitrogens with two attached hydrogens (primary N) is 1. The number of nitrogens with one attached hydrogen (secondary N) is 1. The molecule has 0 radical (unpaired) electrons. The molecule has 0 bridgehead atoms. The smallest absolute Gasteiger partial charge is 0.0341 e. The fraction of sp³-hybridized carbons (Fsp3) is 0.455. The van der Waals surface area contributed by atoms with Crippen molar-refractivity contribution in [3.05, 3.63) is 28.7 Å². The van der Waals surface area contributed by atoms with Crippen molar-refractivity contribution in [2.45, 2.75) is 13.3 Å². The Kier molecular flexibility index (Phi) is 4.98. The summed E-state index contributed by atoms with van der Waals surface area (Å²) in [6.07, 6.45) is 1.13. The summed E-state index contributed by atoms with van der Waals surface area (Å²) in [5, 5.41) is 3.37. The SMILES string of the molecule is CCC(CN)CNc1ccc(Br)cc1. The van der Waals surface area contributed by atoms with E-state index in [4.69, 9.17) is 5.73 Å². The summed E-state index contributed by atoms with van der Waals surface area (Å²) >= 11 is 3.41. The van der Waals surface area contributed by atoms with Gasteiger partial charge in [0.25, 0.3) is 0 Å². The molecule has 1 aromatic carbocycles. The van der Waals surface area contributed by atoms with Gasteiger partial charge in [-0.15, -0.1) is 0 Å². The van der Waals surface area contributed by atoms with Gasteiger partial charge in [0.1, 0.15) is 0 Å². The van der Waals surface area contributed by atoms with Gasteiger partial charge >= 0.3 is 0 Å². The van der Waals surface area contributed by atoms with Crippen LogP contribution in [0.2, 0.25) is 0 Å². The van der Waals surface area contributed by atoms with Crippen LogP contribution in [-0.2, 0) is 0 Å². The third kappa shape index (κ3) is 3.68. The van der Waals surface area contributed by atoms with E-state index in [9.17, 15) is 0 Å². The van der Waals surface area contributed by atoms with Crippen LogP contribution in [0.15, 0.2) is 28.7 Å². The molecule has 0 aliphatic heterocycles. The second-order valence-electron chi connectivity index (χ2n) is 3.40. The topological polar surface area (TPSA) is 38.0 Å². The van der Waals surface area contributed by atoms with Crippen LogP contribution in [0.4, 0.5) is 5.69 Å². The second-order valence-corrected chi connectivity index (χ2v) is 4.31. The Bertz CT molecular complexity index is 254. The van der Waals surface area contributed by atoms with E-state index < -0.39 is 0 Å². The summed E-state index contributed by atoms with van der Waals surface area (Å²) < 4.78 is 1.11. The van der Waals surface area contributed by atoms with Crippen molar-refractivity contribution in [2.75, 3.05) is 18.4 Å². The zero-order chi connectivity index (χ0) is 10.4. The van der Waals surface area contributed by atoms with E-state index in [1.807, 2.05) is 12.1 Å². The van der Waals surface area contributed by atoms with Crippen LogP contribution < -0.4 is 11.1 Å². The quantitative estimate of drug-likeness (QED) is 0.851. The monoisotopic (exact) mass is 256 g/mol. The van der Waals surface area contributed by atoms with Gasteiger partial charge in [0, 0.05) is 16.7 Å². The minimum Gasteiger partial charge on any atom is -0.385 e. The summed E-state index contributed by atoms with van der Waals surface area (Å²) in [5.74, 6) is 0.568. The van der Waals surface area contributed by atoms with Gasteiger partial charge in [-0.3, -0.25) is 0 Å². The first kappa shape index (κ1) is 11.5. The number of anilines is 1. The zero-order valence-electron chi connectivity index (χ0n) is 8.46. The lowest BCUT2D eigenvalue weighted by Gasteiger charge is -2.14. The Morgan fingerprint density at radius 2 is 2.00 bits per heavy atom. The molecule has 0 fully saturated rings. The molecule has 3 heteroatoms. The summed E-state index contributed by atoms with van der Waals surface area (Å²) in [6.45, 7) is 3.87. The minimum atomic E-state index is 0.568. The van der Waals surface area contributed by atoms with Gasteiger partial charge in [0.15, 0.2) is 0 Å². The van der Waals surface area contributed by atoms with Crippen LogP contribution in [-0.4, -0.2) is 13.1 Å². The first-order valence-electron chi connectivity index (χ1n) is 4.95. The van der Waals surface area contributed by atoms with Crippen molar-refractivity contribution in [3.8, 4) is 0 Å². The third-order valence-corrected chi connectivity index (χ3v) is 2.88. The molecule has 0 aromatic heterocycles. The lowest BCUT2D eigenvalue weighted by atomic mass is 10.1. The van der Waals surface area contributed by atoms with Gasteiger partial charge in [0.2, 0.25) is 0 Å². The zero-order valence-corrected chi connectivity index (χ0v) is 10.0. The van der Waals surface area contributed by atoms with Crippen LogP contribution >= 0.6 is 15.9 Å². The summed E-state index contributed by atoms with van der Waals surface area (Å²) in [6, 6.07) is 8.19. The minimum absolute atomic E-state index is 0.568. The Balaban J connectivity index is 2.41. The fourth-order valence-electron chi connectivity index (χ4n) is 1.22. The maximum Gasteiger partial charge on any atom is 0.0341 e.